The molecule has 1 heterocycles. The van der Waals surface area contributed by atoms with Gasteiger partial charge in [0.15, 0.2) is 5.78 Å². The van der Waals surface area contributed by atoms with Gasteiger partial charge in [-0.3, -0.25) is 9.59 Å². The van der Waals surface area contributed by atoms with Crippen LogP contribution < -0.4 is 10.1 Å². The first kappa shape index (κ1) is 19.2. The topological polar surface area (TPSA) is 68.3 Å². The fourth-order valence-corrected chi connectivity index (χ4v) is 2.57. The Hall–Kier alpha value is -3.54. The zero-order valence-electron chi connectivity index (χ0n) is 15.1. The van der Waals surface area contributed by atoms with Gasteiger partial charge in [-0.25, -0.2) is 9.37 Å². The first-order valence-electron chi connectivity index (χ1n) is 8.84. The molecule has 0 fully saturated rings. The van der Waals surface area contributed by atoms with Crippen LogP contribution in [-0.4, -0.2) is 16.7 Å². The summed E-state index contributed by atoms with van der Waals surface area (Å²) < 4.78 is 18.9. The SMILES string of the molecule is O=C(CCC(=O)c1ccccc1)NCc1cccnc1Oc1cccc(F)c1. The average molecular weight is 378 g/mol. The van der Waals surface area contributed by atoms with Gasteiger partial charge in [0.05, 0.1) is 0 Å². The lowest BCUT2D eigenvalue weighted by atomic mass is 10.1. The van der Waals surface area contributed by atoms with Crippen molar-refractivity contribution >= 4 is 11.7 Å². The van der Waals surface area contributed by atoms with Gasteiger partial charge < -0.3 is 10.1 Å². The van der Waals surface area contributed by atoms with Crippen molar-refractivity contribution in [2.45, 2.75) is 19.4 Å². The predicted molar refractivity (Wildman–Crippen MR) is 103 cm³/mol. The third-order valence-electron chi connectivity index (χ3n) is 4.01. The van der Waals surface area contributed by atoms with Crippen LogP contribution in [0.15, 0.2) is 72.9 Å². The van der Waals surface area contributed by atoms with Crippen molar-refractivity contribution in [3.8, 4) is 11.6 Å². The molecule has 5 nitrogen and oxygen atoms in total. The highest BCUT2D eigenvalue weighted by Crippen LogP contribution is 2.23. The number of ketones is 1. The fourth-order valence-electron chi connectivity index (χ4n) is 2.57. The molecule has 142 valence electrons. The molecule has 0 bridgehead atoms. The first-order chi connectivity index (χ1) is 13.6. The minimum Gasteiger partial charge on any atom is -0.439 e. The summed E-state index contributed by atoms with van der Waals surface area (Å²) in [5, 5.41) is 2.76. The van der Waals surface area contributed by atoms with E-state index in [0.29, 0.717) is 16.9 Å². The molecule has 0 saturated heterocycles. The number of Topliss-reactive ketones (excluding diaryl/α,β-unsaturated/α-hetero) is 1. The molecule has 0 aliphatic heterocycles. The van der Waals surface area contributed by atoms with Crippen LogP contribution in [-0.2, 0) is 11.3 Å². The van der Waals surface area contributed by atoms with Gasteiger partial charge in [0.1, 0.15) is 11.6 Å². The van der Waals surface area contributed by atoms with Crippen LogP contribution in [0.1, 0.15) is 28.8 Å². The van der Waals surface area contributed by atoms with E-state index in [9.17, 15) is 14.0 Å². The summed E-state index contributed by atoms with van der Waals surface area (Å²) in [4.78, 5) is 28.3. The molecule has 1 aromatic heterocycles. The van der Waals surface area contributed by atoms with E-state index < -0.39 is 5.82 Å². The number of carbonyl (C=O) groups is 2. The number of nitrogens with one attached hydrogen (secondary N) is 1. The highest BCUT2D eigenvalue weighted by molar-refractivity contribution is 5.97. The Morgan fingerprint density at radius 1 is 0.964 bits per heavy atom. The standard InChI is InChI=1S/C22H19FN2O3/c23-18-9-4-10-19(14-18)28-22-17(8-5-13-24-22)15-25-21(27)12-11-20(26)16-6-2-1-3-7-16/h1-10,13-14H,11-12,15H2,(H,25,27). The second-order valence-electron chi connectivity index (χ2n) is 6.09. The second kappa shape index (κ2) is 9.41. The molecule has 0 unspecified atom stereocenters. The van der Waals surface area contributed by atoms with Crippen molar-refractivity contribution in [3.05, 3.63) is 89.9 Å². The largest absolute Gasteiger partial charge is 0.439 e. The molecule has 0 aliphatic carbocycles. The molecule has 0 spiro atoms. The monoisotopic (exact) mass is 378 g/mol. The maximum absolute atomic E-state index is 13.3. The van der Waals surface area contributed by atoms with Crippen molar-refractivity contribution in [1.29, 1.82) is 0 Å². The fraction of sp³-hybridized carbons (Fsp3) is 0.136. The summed E-state index contributed by atoms with van der Waals surface area (Å²) in [6.45, 7) is 0.191. The number of hydrogen-bond acceptors (Lipinski definition) is 4. The van der Waals surface area contributed by atoms with E-state index in [4.69, 9.17) is 4.74 Å². The zero-order valence-corrected chi connectivity index (χ0v) is 15.1. The zero-order chi connectivity index (χ0) is 19.8. The molecule has 0 atom stereocenters. The number of ether oxygens (including phenoxy) is 1. The van der Waals surface area contributed by atoms with Crippen LogP contribution >= 0.6 is 0 Å². The number of halogens is 1. The summed E-state index contributed by atoms with van der Waals surface area (Å²) in [5.41, 5.74) is 1.24. The third kappa shape index (κ3) is 5.48. The van der Waals surface area contributed by atoms with Gasteiger partial charge in [0, 0.05) is 42.8 Å². The normalized spacial score (nSPS) is 10.3. The van der Waals surface area contributed by atoms with Gasteiger partial charge in [0.25, 0.3) is 0 Å². The Morgan fingerprint density at radius 3 is 2.57 bits per heavy atom. The van der Waals surface area contributed by atoms with Crippen molar-refractivity contribution in [3.63, 3.8) is 0 Å². The van der Waals surface area contributed by atoms with E-state index in [1.807, 2.05) is 6.07 Å². The van der Waals surface area contributed by atoms with E-state index in [2.05, 4.69) is 10.3 Å². The van der Waals surface area contributed by atoms with E-state index in [0.717, 1.165) is 0 Å². The van der Waals surface area contributed by atoms with Crippen LogP contribution in [0.25, 0.3) is 0 Å². The molecule has 1 amide bonds. The molecule has 6 heteroatoms. The number of aromatic nitrogens is 1. The molecule has 1 N–H and O–H groups in total. The molecule has 3 rings (SSSR count). The van der Waals surface area contributed by atoms with E-state index >= 15 is 0 Å². The number of pyridine rings is 1. The van der Waals surface area contributed by atoms with Crippen molar-refractivity contribution in [1.82, 2.24) is 10.3 Å². The Morgan fingerprint density at radius 2 is 1.79 bits per heavy atom. The van der Waals surface area contributed by atoms with Crippen molar-refractivity contribution < 1.29 is 18.7 Å². The number of benzene rings is 2. The molecular formula is C22H19FN2O3. The highest BCUT2D eigenvalue weighted by Gasteiger charge is 2.11. The molecular weight excluding hydrogens is 359 g/mol. The number of hydrogen-bond donors (Lipinski definition) is 1. The summed E-state index contributed by atoms with van der Waals surface area (Å²) in [5.74, 6) is -0.128. The van der Waals surface area contributed by atoms with Crippen molar-refractivity contribution in [2.75, 3.05) is 0 Å². The molecule has 2 aromatic carbocycles. The molecule has 28 heavy (non-hydrogen) atoms. The highest BCUT2D eigenvalue weighted by atomic mass is 19.1. The molecule has 0 radical (unpaired) electrons. The number of nitrogens with zero attached hydrogens (tertiary/aromatic N) is 1. The van der Waals surface area contributed by atoms with Crippen LogP contribution in [0.5, 0.6) is 11.6 Å². The minimum absolute atomic E-state index is 0.0766. The predicted octanol–water partition coefficient (Wildman–Crippen LogP) is 4.29. The van der Waals surface area contributed by atoms with Crippen LogP contribution in [0, 0.1) is 5.82 Å². The summed E-state index contributed by atoms with van der Waals surface area (Å²) >= 11 is 0. The van der Waals surface area contributed by atoms with E-state index in [1.165, 1.54) is 12.1 Å². The first-order valence-corrected chi connectivity index (χ1v) is 8.84. The summed E-state index contributed by atoms with van der Waals surface area (Å²) in [6.07, 6.45) is 1.78. The van der Waals surface area contributed by atoms with Crippen LogP contribution in [0.4, 0.5) is 4.39 Å². The van der Waals surface area contributed by atoms with Gasteiger partial charge in [-0.05, 0) is 18.2 Å². The van der Waals surface area contributed by atoms with Gasteiger partial charge in [0.2, 0.25) is 11.8 Å². The lowest BCUT2D eigenvalue weighted by Crippen LogP contribution is -2.23. The quantitative estimate of drug-likeness (QED) is 0.594. The van der Waals surface area contributed by atoms with Gasteiger partial charge in [-0.2, -0.15) is 0 Å². The van der Waals surface area contributed by atoms with Gasteiger partial charge in [-0.15, -0.1) is 0 Å². The van der Waals surface area contributed by atoms with Crippen molar-refractivity contribution in [2.24, 2.45) is 0 Å². The average Bonchev–Trinajstić information content (AvgIpc) is 2.72. The minimum atomic E-state index is -0.411. The van der Waals surface area contributed by atoms with Gasteiger partial charge >= 0.3 is 0 Å². The number of rotatable bonds is 8. The number of amides is 1. The van der Waals surface area contributed by atoms with E-state index in [-0.39, 0.29) is 37.0 Å². The Bertz CT molecular complexity index is 961. The molecule has 3 aromatic rings. The lowest BCUT2D eigenvalue weighted by Gasteiger charge is -2.11. The smallest absolute Gasteiger partial charge is 0.224 e. The Balaban J connectivity index is 1.54. The Labute approximate surface area is 162 Å². The van der Waals surface area contributed by atoms with E-state index in [1.54, 1.807) is 54.7 Å². The Kier molecular flexibility index (Phi) is 6.46. The number of carbonyl (C=O) groups excluding carboxylic acids is 2. The summed E-state index contributed by atoms with van der Waals surface area (Å²) in [6, 6.07) is 18.1. The maximum atomic E-state index is 13.3. The lowest BCUT2D eigenvalue weighted by molar-refractivity contribution is -0.121. The molecule has 0 aliphatic rings. The summed E-state index contributed by atoms with van der Waals surface area (Å²) in [7, 11) is 0. The van der Waals surface area contributed by atoms with Crippen LogP contribution in [0.2, 0.25) is 0 Å². The maximum Gasteiger partial charge on any atom is 0.224 e. The molecule has 0 saturated carbocycles. The second-order valence-corrected chi connectivity index (χ2v) is 6.09. The van der Waals surface area contributed by atoms with Gasteiger partial charge in [-0.1, -0.05) is 42.5 Å². The van der Waals surface area contributed by atoms with Crippen LogP contribution in [0.3, 0.4) is 0 Å². The third-order valence-corrected chi connectivity index (χ3v) is 4.01.